The number of rotatable bonds is 4. The molecule has 1 N–H and O–H groups in total. The van der Waals surface area contributed by atoms with E-state index < -0.39 is 5.97 Å². The molecule has 0 radical (unpaired) electrons. The van der Waals surface area contributed by atoms with E-state index in [1.165, 1.54) is 0 Å². The normalized spacial score (nSPS) is 14.7. The molecule has 0 bridgehead atoms. The summed E-state index contributed by atoms with van der Waals surface area (Å²) in [5.74, 6) is -0.376. The van der Waals surface area contributed by atoms with Gasteiger partial charge in [-0.1, -0.05) is 36.4 Å². The van der Waals surface area contributed by atoms with E-state index in [1.54, 1.807) is 6.08 Å². The van der Waals surface area contributed by atoms with Crippen LogP contribution in [0.4, 0.5) is 0 Å². The molecule has 3 heteroatoms. The van der Waals surface area contributed by atoms with Gasteiger partial charge in [0.1, 0.15) is 5.76 Å². The molecule has 2 rings (SSSR count). The van der Waals surface area contributed by atoms with Crippen molar-refractivity contribution in [2.24, 2.45) is 0 Å². The predicted molar refractivity (Wildman–Crippen MR) is 69.1 cm³/mol. The predicted octanol–water partition coefficient (Wildman–Crippen LogP) is 2.93. The van der Waals surface area contributed by atoms with Crippen LogP contribution in [0, 0.1) is 0 Å². The molecule has 0 saturated carbocycles. The minimum atomic E-state index is -0.409. The molecule has 0 aromatic heterocycles. The fraction of sp³-hybridized carbons (Fsp3) is 0.267. The lowest BCUT2D eigenvalue weighted by Gasteiger charge is -2.11. The van der Waals surface area contributed by atoms with E-state index in [4.69, 9.17) is 4.74 Å². The summed E-state index contributed by atoms with van der Waals surface area (Å²) in [5, 5.41) is 9.55. The summed E-state index contributed by atoms with van der Waals surface area (Å²) in [6, 6.07) is 9.85. The van der Waals surface area contributed by atoms with Gasteiger partial charge in [-0.15, -0.1) is 0 Å². The highest BCUT2D eigenvalue weighted by atomic mass is 16.5. The van der Waals surface area contributed by atoms with Crippen LogP contribution >= 0.6 is 0 Å². The highest BCUT2D eigenvalue weighted by Crippen LogP contribution is 2.18. The van der Waals surface area contributed by atoms with Crippen molar-refractivity contribution in [3.05, 3.63) is 59.4 Å². The smallest absolute Gasteiger partial charge is 0.337 e. The molecule has 0 heterocycles. The van der Waals surface area contributed by atoms with Gasteiger partial charge >= 0.3 is 5.97 Å². The van der Waals surface area contributed by atoms with Crippen LogP contribution in [-0.2, 0) is 16.0 Å². The third kappa shape index (κ3) is 3.23. The molecular weight excluding hydrogens is 228 g/mol. The van der Waals surface area contributed by atoms with E-state index in [1.807, 2.05) is 36.4 Å². The van der Waals surface area contributed by atoms with E-state index in [0.717, 1.165) is 12.0 Å². The SMILES string of the molecule is O=C(OCCc1ccccc1)C1=C(O)C=CCC1. The molecule has 1 aromatic rings. The molecule has 0 unspecified atom stereocenters. The van der Waals surface area contributed by atoms with Gasteiger partial charge in [-0.25, -0.2) is 4.79 Å². The molecule has 1 aromatic carbocycles. The van der Waals surface area contributed by atoms with Crippen LogP contribution in [0.15, 0.2) is 53.8 Å². The van der Waals surface area contributed by atoms with E-state index in [9.17, 15) is 9.90 Å². The number of hydrogen-bond donors (Lipinski definition) is 1. The van der Waals surface area contributed by atoms with Crippen LogP contribution in [0.2, 0.25) is 0 Å². The number of aliphatic hydroxyl groups excluding tert-OH is 1. The minimum absolute atomic E-state index is 0.0333. The molecule has 94 valence electrons. The van der Waals surface area contributed by atoms with Crippen LogP contribution in [0.1, 0.15) is 18.4 Å². The van der Waals surface area contributed by atoms with E-state index in [0.29, 0.717) is 25.0 Å². The topological polar surface area (TPSA) is 46.5 Å². The molecule has 18 heavy (non-hydrogen) atoms. The second-order valence-corrected chi connectivity index (χ2v) is 4.18. The Hall–Kier alpha value is -2.03. The van der Waals surface area contributed by atoms with Gasteiger partial charge in [0.05, 0.1) is 12.2 Å². The van der Waals surface area contributed by atoms with Crippen molar-refractivity contribution in [1.29, 1.82) is 0 Å². The number of carbonyl (C=O) groups is 1. The first-order valence-corrected chi connectivity index (χ1v) is 6.07. The molecule has 0 amide bonds. The first kappa shape index (κ1) is 12.4. The summed E-state index contributed by atoms with van der Waals surface area (Å²) >= 11 is 0. The van der Waals surface area contributed by atoms with Crippen molar-refractivity contribution < 1.29 is 14.6 Å². The maximum atomic E-state index is 11.7. The van der Waals surface area contributed by atoms with Crippen LogP contribution in [-0.4, -0.2) is 17.7 Å². The summed E-state index contributed by atoms with van der Waals surface area (Å²) in [6.07, 6.45) is 5.41. The first-order valence-electron chi connectivity index (χ1n) is 6.07. The van der Waals surface area contributed by atoms with Crippen molar-refractivity contribution in [3.63, 3.8) is 0 Å². The maximum Gasteiger partial charge on any atom is 0.337 e. The monoisotopic (exact) mass is 244 g/mol. The zero-order chi connectivity index (χ0) is 12.8. The van der Waals surface area contributed by atoms with Crippen LogP contribution in [0.25, 0.3) is 0 Å². The number of aliphatic hydroxyl groups is 1. The van der Waals surface area contributed by atoms with Gasteiger partial charge < -0.3 is 9.84 Å². The lowest BCUT2D eigenvalue weighted by atomic mass is 10.0. The molecule has 0 aliphatic heterocycles. The number of carbonyl (C=O) groups excluding carboxylic acids is 1. The van der Waals surface area contributed by atoms with Crippen molar-refractivity contribution >= 4 is 5.97 Å². The molecule has 3 nitrogen and oxygen atoms in total. The zero-order valence-corrected chi connectivity index (χ0v) is 10.1. The average Bonchev–Trinajstić information content (AvgIpc) is 2.40. The fourth-order valence-electron chi connectivity index (χ4n) is 1.85. The van der Waals surface area contributed by atoms with Gasteiger partial charge in [0.25, 0.3) is 0 Å². The summed E-state index contributed by atoms with van der Waals surface area (Å²) in [4.78, 5) is 11.7. The van der Waals surface area contributed by atoms with Crippen LogP contribution < -0.4 is 0 Å². The largest absolute Gasteiger partial charge is 0.507 e. The number of allylic oxidation sites excluding steroid dienone is 2. The lowest BCUT2D eigenvalue weighted by molar-refractivity contribution is -0.139. The van der Waals surface area contributed by atoms with Crippen molar-refractivity contribution in [1.82, 2.24) is 0 Å². The Morgan fingerprint density at radius 3 is 2.78 bits per heavy atom. The van der Waals surface area contributed by atoms with E-state index in [-0.39, 0.29) is 5.76 Å². The molecular formula is C15H16O3. The van der Waals surface area contributed by atoms with Gasteiger partial charge in [0, 0.05) is 6.42 Å². The Morgan fingerprint density at radius 1 is 1.28 bits per heavy atom. The zero-order valence-electron chi connectivity index (χ0n) is 10.1. The third-order valence-electron chi connectivity index (χ3n) is 2.86. The van der Waals surface area contributed by atoms with E-state index >= 15 is 0 Å². The Bertz CT molecular complexity index is 472. The van der Waals surface area contributed by atoms with Crippen LogP contribution in [0.5, 0.6) is 0 Å². The molecule has 0 fully saturated rings. The molecule has 1 aliphatic rings. The maximum absolute atomic E-state index is 11.7. The van der Waals surface area contributed by atoms with Crippen molar-refractivity contribution in [2.75, 3.05) is 6.61 Å². The number of esters is 1. The Labute approximate surface area is 106 Å². The van der Waals surface area contributed by atoms with Gasteiger partial charge in [-0.2, -0.15) is 0 Å². The van der Waals surface area contributed by atoms with Crippen LogP contribution in [0.3, 0.4) is 0 Å². The summed E-state index contributed by atoms with van der Waals surface area (Å²) in [5.41, 5.74) is 1.51. The Kier molecular flexibility index (Phi) is 4.18. The minimum Gasteiger partial charge on any atom is -0.507 e. The summed E-state index contributed by atoms with van der Waals surface area (Å²) in [7, 11) is 0. The second kappa shape index (κ2) is 6.05. The number of benzene rings is 1. The molecule has 0 saturated heterocycles. The molecule has 0 atom stereocenters. The third-order valence-corrected chi connectivity index (χ3v) is 2.86. The van der Waals surface area contributed by atoms with Gasteiger partial charge in [0.15, 0.2) is 0 Å². The van der Waals surface area contributed by atoms with Gasteiger partial charge in [0.2, 0.25) is 0 Å². The number of hydrogen-bond acceptors (Lipinski definition) is 3. The van der Waals surface area contributed by atoms with Gasteiger partial charge in [-0.05, 0) is 24.5 Å². The Morgan fingerprint density at radius 2 is 2.06 bits per heavy atom. The lowest BCUT2D eigenvalue weighted by Crippen LogP contribution is -2.13. The highest BCUT2D eigenvalue weighted by molar-refractivity contribution is 5.89. The van der Waals surface area contributed by atoms with E-state index in [2.05, 4.69) is 0 Å². The Balaban J connectivity index is 1.84. The van der Waals surface area contributed by atoms with Crippen molar-refractivity contribution in [2.45, 2.75) is 19.3 Å². The number of ether oxygens (including phenoxy) is 1. The molecule has 0 spiro atoms. The first-order chi connectivity index (χ1) is 8.77. The molecule has 1 aliphatic carbocycles. The highest BCUT2D eigenvalue weighted by Gasteiger charge is 2.17. The quantitative estimate of drug-likeness (QED) is 0.828. The average molecular weight is 244 g/mol. The van der Waals surface area contributed by atoms with Gasteiger partial charge in [-0.3, -0.25) is 0 Å². The fourth-order valence-corrected chi connectivity index (χ4v) is 1.85. The van der Waals surface area contributed by atoms with Crippen molar-refractivity contribution in [3.8, 4) is 0 Å². The summed E-state index contributed by atoms with van der Waals surface area (Å²) < 4.78 is 5.17. The second-order valence-electron chi connectivity index (χ2n) is 4.18. The summed E-state index contributed by atoms with van der Waals surface area (Å²) in [6.45, 7) is 0.337. The standard InChI is InChI=1S/C15H16O3/c16-14-9-5-4-8-13(14)15(17)18-11-10-12-6-2-1-3-7-12/h1-3,5-7,9,16H,4,8,10-11H2.